The van der Waals surface area contributed by atoms with E-state index in [1.54, 1.807) is 0 Å². The zero-order chi connectivity index (χ0) is 22.4. The SMILES string of the molecule is CC(C)(C)OC(=O)NCc1ccc(COC(=O)[C@H]2NC(=O)[C@H]2Cc2ccccc2)cc1. The van der Waals surface area contributed by atoms with E-state index < -0.39 is 29.6 Å². The molecule has 1 heterocycles. The number of carbonyl (C=O) groups excluding carboxylic acids is 3. The predicted molar refractivity (Wildman–Crippen MR) is 115 cm³/mol. The van der Waals surface area contributed by atoms with E-state index in [-0.39, 0.29) is 12.5 Å². The van der Waals surface area contributed by atoms with Gasteiger partial charge in [-0.1, -0.05) is 54.6 Å². The van der Waals surface area contributed by atoms with Crippen LogP contribution in [0.3, 0.4) is 0 Å². The van der Waals surface area contributed by atoms with Crippen molar-refractivity contribution in [2.75, 3.05) is 0 Å². The molecule has 0 saturated carbocycles. The second-order valence-electron chi connectivity index (χ2n) is 8.56. The zero-order valence-corrected chi connectivity index (χ0v) is 18.0. The molecule has 164 valence electrons. The van der Waals surface area contributed by atoms with Crippen LogP contribution in [0.15, 0.2) is 54.6 Å². The Morgan fingerprint density at radius 2 is 1.61 bits per heavy atom. The average Bonchev–Trinajstić information content (AvgIpc) is 2.73. The summed E-state index contributed by atoms with van der Waals surface area (Å²) in [6.45, 7) is 5.87. The molecular formula is C24H28N2O5. The summed E-state index contributed by atoms with van der Waals surface area (Å²) < 4.78 is 10.6. The highest BCUT2D eigenvalue weighted by Crippen LogP contribution is 2.22. The highest BCUT2D eigenvalue weighted by atomic mass is 16.6. The van der Waals surface area contributed by atoms with Crippen LogP contribution >= 0.6 is 0 Å². The molecule has 7 nitrogen and oxygen atoms in total. The van der Waals surface area contributed by atoms with Crippen molar-refractivity contribution in [3.05, 3.63) is 71.3 Å². The third kappa shape index (κ3) is 6.57. The standard InChI is InChI=1S/C24H28N2O5/c1-24(2,3)31-23(29)25-14-17-9-11-18(12-10-17)15-30-22(28)20-19(21(27)26-20)13-16-7-5-4-6-8-16/h4-12,19-20H,13-15H2,1-3H3,(H,25,29)(H,26,27)/t19-,20-/m0/s1. The van der Waals surface area contributed by atoms with E-state index in [9.17, 15) is 14.4 Å². The van der Waals surface area contributed by atoms with Gasteiger partial charge in [-0.05, 0) is 43.9 Å². The average molecular weight is 424 g/mol. The van der Waals surface area contributed by atoms with Crippen molar-refractivity contribution < 1.29 is 23.9 Å². The van der Waals surface area contributed by atoms with Crippen LogP contribution in [0.4, 0.5) is 4.79 Å². The second kappa shape index (κ2) is 9.64. The minimum Gasteiger partial charge on any atom is -0.459 e. The van der Waals surface area contributed by atoms with Crippen LogP contribution < -0.4 is 10.6 Å². The van der Waals surface area contributed by atoms with E-state index in [1.165, 1.54) is 0 Å². The smallest absolute Gasteiger partial charge is 0.407 e. The van der Waals surface area contributed by atoms with Gasteiger partial charge < -0.3 is 20.1 Å². The largest absolute Gasteiger partial charge is 0.459 e. The minimum absolute atomic E-state index is 0.114. The van der Waals surface area contributed by atoms with Gasteiger partial charge in [-0.25, -0.2) is 9.59 Å². The lowest BCUT2D eigenvalue weighted by Gasteiger charge is -2.34. The molecule has 0 radical (unpaired) electrons. The van der Waals surface area contributed by atoms with E-state index in [2.05, 4.69) is 10.6 Å². The molecule has 3 rings (SSSR count). The molecule has 0 unspecified atom stereocenters. The summed E-state index contributed by atoms with van der Waals surface area (Å²) in [6.07, 6.45) is 0.0318. The monoisotopic (exact) mass is 424 g/mol. The van der Waals surface area contributed by atoms with Gasteiger partial charge in [0.25, 0.3) is 0 Å². The maximum atomic E-state index is 12.4. The molecule has 2 amide bonds. The lowest BCUT2D eigenvalue weighted by atomic mass is 9.85. The van der Waals surface area contributed by atoms with E-state index in [4.69, 9.17) is 9.47 Å². The number of benzene rings is 2. The van der Waals surface area contributed by atoms with Crippen LogP contribution in [0.2, 0.25) is 0 Å². The number of rotatable bonds is 7. The fraction of sp³-hybridized carbons (Fsp3) is 0.375. The predicted octanol–water partition coefficient (Wildman–Crippen LogP) is 3.11. The van der Waals surface area contributed by atoms with E-state index in [0.717, 1.165) is 16.7 Å². The van der Waals surface area contributed by atoms with Crippen LogP contribution in [0, 0.1) is 5.92 Å². The number of β-lactam (4-membered cyclic amide) rings is 1. The van der Waals surface area contributed by atoms with Crippen LogP contribution in [0.1, 0.15) is 37.5 Å². The number of hydrogen-bond acceptors (Lipinski definition) is 5. The van der Waals surface area contributed by atoms with Gasteiger partial charge >= 0.3 is 12.1 Å². The quantitative estimate of drug-likeness (QED) is 0.526. The Bertz CT molecular complexity index is 919. The topological polar surface area (TPSA) is 93.7 Å². The van der Waals surface area contributed by atoms with Crippen LogP contribution in [0.5, 0.6) is 0 Å². The Balaban J connectivity index is 1.45. The van der Waals surface area contributed by atoms with Gasteiger partial charge in [0.2, 0.25) is 5.91 Å². The molecule has 0 aromatic heterocycles. The van der Waals surface area contributed by atoms with Crippen LogP contribution in [-0.4, -0.2) is 29.6 Å². The fourth-order valence-corrected chi connectivity index (χ4v) is 3.20. The van der Waals surface area contributed by atoms with E-state index >= 15 is 0 Å². The van der Waals surface area contributed by atoms with Gasteiger partial charge in [0, 0.05) is 6.54 Å². The Morgan fingerprint density at radius 1 is 0.968 bits per heavy atom. The summed E-state index contributed by atoms with van der Waals surface area (Å²) in [6, 6.07) is 16.4. The van der Waals surface area contributed by atoms with E-state index in [1.807, 2.05) is 75.4 Å². The third-order valence-corrected chi connectivity index (χ3v) is 4.83. The Labute approximate surface area is 182 Å². The molecule has 0 bridgehead atoms. The molecule has 0 aliphatic carbocycles. The first-order valence-corrected chi connectivity index (χ1v) is 10.3. The Hall–Kier alpha value is -3.35. The van der Waals surface area contributed by atoms with Crippen LogP contribution in [0.25, 0.3) is 0 Å². The summed E-state index contributed by atoms with van der Waals surface area (Å²) in [5, 5.41) is 5.33. The summed E-state index contributed by atoms with van der Waals surface area (Å²) in [7, 11) is 0. The van der Waals surface area contributed by atoms with Crippen molar-refractivity contribution in [3.63, 3.8) is 0 Å². The minimum atomic E-state index is -0.620. The molecule has 0 spiro atoms. The molecule has 2 atom stereocenters. The molecule has 1 aliphatic heterocycles. The van der Waals surface area contributed by atoms with Gasteiger partial charge in [-0.2, -0.15) is 0 Å². The molecule has 2 aromatic rings. The van der Waals surface area contributed by atoms with E-state index in [0.29, 0.717) is 13.0 Å². The Kier molecular flexibility index (Phi) is 6.95. The highest BCUT2D eigenvalue weighted by Gasteiger charge is 2.44. The number of ether oxygens (including phenoxy) is 2. The second-order valence-corrected chi connectivity index (χ2v) is 8.56. The van der Waals surface area contributed by atoms with Crippen molar-refractivity contribution in [1.82, 2.24) is 10.6 Å². The van der Waals surface area contributed by atoms with Crippen molar-refractivity contribution >= 4 is 18.0 Å². The van der Waals surface area contributed by atoms with Gasteiger partial charge in [-0.3, -0.25) is 4.79 Å². The molecule has 1 fully saturated rings. The molecule has 2 aromatic carbocycles. The lowest BCUT2D eigenvalue weighted by Crippen LogP contribution is -2.63. The first kappa shape index (κ1) is 22.3. The first-order chi connectivity index (χ1) is 14.7. The van der Waals surface area contributed by atoms with Crippen molar-refractivity contribution in [2.24, 2.45) is 5.92 Å². The summed E-state index contributed by atoms with van der Waals surface area (Å²) in [5.74, 6) is -0.972. The number of amides is 2. The maximum absolute atomic E-state index is 12.4. The molecule has 31 heavy (non-hydrogen) atoms. The maximum Gasteiger partial charge on any atom is 0.407 e. The van der Waals surface area contributed by atoms with Crippen molar-refractivity contribution in [1.29, 1.82) is 0 Å². The Morgan fingerprint density at radius 3 is 2.23 bits per heavy atom. The molecule has 7 heteroatoms. The fourth-order valence-electron chi connectivity index (χ4n) is 3.20. The molecule has 1 aliphatic rings. The number of alkyl carbamates (subject to hydrolysis) is 1. The summed E-state index contributed by atoms with van der Waals surface area (Å²) >= 11 is 0. The summed E-state index contributed by atoms with van der Waals surface area (Å²) in [5.41, 5.74) is 2.18. The molecule has 1 saturated heterocycles. The lowest BCUT2D eigenvalue weighted by molar-refractivity contribution is -0.158. The number of nitrogens with one attached hydrogen (secondary N) is 2. The molecule has 2 N–H and O–H groups in total. The number of hydrogen-bond donors (Lipinski definition) is 2. The molecular weight excluding hydrogens is 396 g/mol. The zero-order valence-electron chi connectivity index (χ0n) is 18.0. The number of esters is 1. The summed E-state index contributed by atoms with van der Waals surface area (Å²) in [4.78, 5) is 36.0. The van der Waals surface area contributed by atoms with Crippen molar-refractivity contribution in [2.45, 2.75) is 52.0 Å². The highest BCUT2D eigenvalue weighted by molar-refractivity contribution is 5.97. The van der Waals surface area contributed by atoms with Gasteiger partial charge in [0.1, 0.15) is 18.2 Å². The normalized spacial score (nSPS) is 17.8. The number of carbonyl (C=O) groups is 3. The van der Waals surface area contributed by atoms with Crippen LogP contribution in [-0.2, 0) is 38.6 Å². The first-order valence-electron chi connectivity index (χ1n) is 10.3. The van der Waals surface area contributed by atoms with Gasteiger partial charge in [-0.15, -0.1) is 0 Å². The third-order valence-electron chi connectivity index (χ3n) is 4.83. The van der Waals surface area contributed by atoms with Gasteiger partial charge in [0.05, 0.1) is 5.92 Å². The van der Waals surface area contributed by atoms with Gasteiger partial charge in [0.15, 0.2) is 0 Å². The van der Waals surface area contributed by atoms with Crippen molar-refractivity contribution in [3.8, 4) is 0 Å².